The molecular weight excluding hydrogens is 334 g/mol. The lowest BCUT2D eigenvalue weighted by atomic mass is 9.78. The summed E-state index contributed by atoms with van der Waals surface area (Å²) in [7, 11) is -0.753. The highest BCUT2D eigenvalue weighted by atomic mass is 19.3. The number of hydrogen-bond donors (Lipinski definition) is 0. The van der Waals surface area contributed by atoms with Crippen LogP contribution in [0.2, 0.25) is 0 Å². The first-order chi connectivity index (χ1) is 11.4. The summed E-state index contributed by atoms with van der Waals surface area (Å²) in [5, 5.41) is 0. The molecule has 2 aliphatic rings. The van der Waals surface area contributed by atoms with E-state index in [-0.39, 0.29) is 12.1 Å². The van der Waals surface area contributed by atoms with Gasteiger partial charge in [0.05, 0.1) is 23.3 Å². The van der Waals surface area contributed by atoms with Crippen molar-refractivity contribution in [3.63, 3.8) is 0 Å². The molecule has 136 valence electrons. The molecule has 0 atom stereocenters. The van der Waals surface area contributed by atoms with Gasteiger partial charge in [0.25, 0.3) is 11.8 Å². The molecule has 0 bridgehead atoms. The summed E-state index contributed by atoms with van der Waals surface area (Å²) >= 11 is 0. The van der Waals surface area contributed by atoms with Crippen LogP contribution in [-0.4, -0.2) is 48.1 Å². The van der Waals surface area contributed by atoms with Gasteiger partial charge in [-0.05, 0) is 45.3 Å². The molecule has 0 unspecified atom stereocenters. The number of nitrogens with zero attached hydrogens (tertiary/aromatic N) is 1. The van der Waals surface area contributed by atoms with Crippen molar-refractivity contribution in [3.05, 3.63) is 29.6 Å². The third-order valence-corrected chi connectivity index (χ3v) is 5.20. The standard InChI is InChI=1S/C17H21BF3NO3/c1-15(2)16(3,4)25-18(24-15)11-5-6-13(19)12(9-11)14(23)22-8-7-17(20,21)10-22/h5-6,9H,7-8,10H2,1-4H3. The summed E-state index contributed by atoms with van der Waals surface area (Å²) in [5.74, 6) is -4.41. The molecular formula is C17H21BF3NO3. The maximum absolute atomic E-state index is 14.1. The van der Waals surface area contributed by atoms with Gasteiger partial charge in [-0.2, -0.15) is 0 Å². The SMILES string of the molecule is CC1(C)OB(c2ccc(F)c(C(=O)N3CCC(F)(F)C3)c2)OC1(C)C. The van der Waals surface area contributed by atoms with E-state index >= 15 is 0 Å². The van der Waals surface area contributed by atoms with Crippen LogP contribution >= 0.6 is 0 Å². The van der Waals surface area contributed by atoms with Crippen LogP contribution in [0.25, 0.3) is 0 Å². The van der Waals surface area contributed by atoms with Crippen LogP contribution in [0.4, 0.5) is 13.2 Å². The number of carbonyl (C=O) groups excluding carboxylic acids is 1. The normalized spacial score (nSPS) is 24.0. The maximum Gasteiger partial charge on any atom is 0.494 e. The van der Waals surface area contributed by atoms with E-state index < -0.39 is 48.9 Å². The maximum atomic E-state index is 14.1. The molecule has 0 spiro atoms. The van der Waals surface area contributed by atoms with E-state index in [9.17, 15) is 18.0 Å². The second-order valence-corrected chi connectivity index (χ2v) is 7.66. The summed E-state index contributed by atoms with van der Waals surface area (Å²) in [6, 6.07) is 3.95. The Kier molecular flexibility index (Phi) is 4.19. The van der Waals surface area contributed by atoms with Gasteiger partial charge in [-0.3, -0.25) is 4.79 Å². The summed E-state index contributed by atoms with van der Waals surface area (Å²) < 4.78 is 52.6. The van der Waals surface area contributed by atoms with Crippen LogP contribution in [0.3, 0.4) is 0 Å². The van der Waals surface area contributed by atoms with Crippen molar-refractivity contribution >= 4 is 18.5 Å². The molecule has 0 radical (unpaired) electrons. The second kappa shape index (κ2) is 5.74. The Bertz CT molecular complexity index is 692. The minimum Gasteiger partial charge on any atom is -0.399 e. The minimum atomic E-state index is -2.92. The highest BCUT2D eigenvalue weighted by Gasteiger charge is 2.52. The van der Waals surface area contributed by atoms with E-state index in [1.54, 1.807) is 0 Å². The summed E-state index contributed by atoms with van der Waals surface area (Å²) in [6.07, 6.45) is -0.405. The predicted octanol–water partition coefficient (Wildman–Crippen LogP) is 2.61. The van der Waals surface area contributed by atoms with Gasteiger partial charge in [0, 0.05) is 13.0 Å². The van der Waals surface area contributed by atoms with Crippen LogP contribution in [-0.2, 0) is 9.31 Å². The first kappa shape index (κ1) is 18.3. The molecule has 0 N–H and O–H groups in total. The van der Waals surface area contributed by atoms with Crippen LogP contribution < -0.4 is 5.46 Å². The Hall–Kier alpha value is -1.54. The van der Waals surface area contributed by atoms with Crippen molar-refractivity contribution < 1.29 is 27.3 Å². The Morgan fingerprint density at radius 2 is 1.76 bits per heavy atom. The van der Waals surface area contributed by atoms with Crippen LogP contribution in [0.5, 0.6) is 0 Å². The quantitative estimate of drug-likeness (QED) is 0.766. The van der Waals surface area contributed by atoms with Crippen molar-refractivity contribution in [1.82, 2.24) is 4.90 Å². The van der Waals surface area contributed by atoms with E-state index in [0.717, 1.165) is 11.0 Å². The summed E-state index contributed by atoms with van der Waals surface area (Å²) in [4.78, 5) is 13.4. The van der Waals surface area contributed by atoms with Crippen molar-refractivity contribution in [2.45, 2.75) is 51.2 Å². The minimum absolute atomic E-state index is 0.0913. The number of halogens is 3. The van der Waals surface area contributed by atoms with Gasteiger partial charge < -0.3 is 14.2 Å². The lowest BCUT2D eigenvalue weighted by Gasteiger charge is -2.32. The number of alkyl halides is 2. The Labute approximate surface area is 145 Å². The molecule has 2 aliphatic heterocycles. The smallest absolute Gasteiger partial charge is 0.399 e. The molecule has 0 aromatic heterocycles. The zero-order valence-corrected chi connectivity index (χ0v) is 14.7. The largest absolute Gasteiger partial charge is 0.494 e. The molecule has 1 aromatic rings. The molecule has 2 fully saturated rings. The van der Waals surface area contributed by atoms with Crippen LogP contribution in [0.1, 0.15) is 44.5 Å². The van der Waals surface area contributed by atoms with E-state index in [1.807, 2.05) is 27.7 Å². The fourth-order valence-corrected chi connectivity index (χ4v) is 2.91. The van der Waals surface area contributed by atoms with Crippen LogP contribution in [0.15, 0.2) is 18.2 Å². The topological polar surface area (TPSA) is 38.8 Å². The van der Waals surface area contributed by atoms with Gasteiger partial charge in [0.2, 0.25) is 0 Å². The van der Waals surface area contributed by atoms with Gasteiger partial charge in [-0.25, -0.2) is 13.2 Å². The molecule has 3 rings (SSSR count). The molecule has 1 amide bonds. The fourth-order valence-electron chi connectivity index (χ4n) is 2.91. The molecule has 0 aliphatic carbocycles. The zero-order chi connectivity index (χ0) is 18.6. The monoisotopic (exact) mass is 355 g/mol. The van der Waals surface area contributed by atoms with Crippen molar-refractivity contribution in [1.29, 1.82) is 0 Å². The predicted molar refractivity (Wildman–Crippen MR) is 87.6 cm³/mol. The number of likely N-dealkylation sites (tertiary alicyclic amines) is 1. The second-order valence-electron chi connectivity index (χ2n) is 7.66. The summed E-state index contributed by atoms with van der Waals surface area (Å²) in [6.45, 7) is 6.76. The molecule has 4 nitrogen and oxygen atoms in total. The number of hydrogen-bond acceptors (Lipinski definition) is 3. The average molecular weight is 355 g/mol. The third-order valence-electron chi connectivity index (χ3n) is 5.20. The molecule has 0 saturated carbocycles. The summed E-state index contributed by atoms with van der Waals surface area (Å²) in [5.41, 5.74) is -0.917. The third kappa shape index (κ3) is 3.29. The lowest BCUT2D eigenvalue weighted by molar-refractivity contribution is 0.00578. The molecule has 25 heavy (non-hydrogen) atoms. The van der Waals surface area contributed by atoms with Crippen molar-refractivity contribution in [2.24, 2.45) is 0 Å². The van der Waals surface area contributed by atoms with Gasteiger partial charge >= 0.3 is 7.12 Å². The number of rotatable bonds is 2. The van der Waals surface area contributed by atoms with E-state index in [1.165, 1.54) is 12.1 Å². The van der Waals surface area contributed by atoms with Gasteiger partial charge in [0.1, 0.15) is 5.82 Å². The van der Waals surface area contributed by atoms with Crippen LogP contribution in [0, 0.1) is 5.82 Å². The number of amides is 1. The molecule has 2 saturated heterocycles. The number of carbonyl (C=O) groups is 1. The van der Waals surface area contributed by atoms with E-state index in [0.29, 0.717) is 5.46 Å². The molecule has 1 aromatic carbocycles. The highest BCUT2D eigenvalue weighted by Crippen LogP contribution is 2.36. The van der Waals surface area contributed by atoms with Gasteiger partial charge in [0.15, 0.2) is 0 Å². The van der Waals surface area contributed by atoms with Crippen molar-refractivity contribution in [2.75, 3.05) is 13.1 Å². The Balaban J connectivity index is 1.86. The molecule has 8 heteroatoms. The lowest BCUT2D eigenvalue weighted by Crippen LogP contribution is -2.41. The number of benzene rings is 1. The average Bonchev–Trinajstić information content (AvgIpc) is 2.95. The van der Waals surface area contributed by atoms with E-state index in [4.69, 9.17) is 9.31 Å². The van der Waals surface area contributed by atoms with Crippen molar-refractivity contribution in [3.8, 4) is 0 Å². The first-order valence-electron chi connectivity index (χ1n) is 8.24. The first-order valence-corrected chi connectivity index (χ1v) is 8.24. The highest BCUT2D eigenvalue weighted by molar-refractivity contribution is 6.62. The van der Waals surface area contributed by atoms with E-state index in [2.05, 4.69) is 0 Å². The van der Waals surface area contributed by atoms with Gasteiger partial charge in [-0.15, -0.1) is 0 Å². The Morgan fingerprint density at radius 3 is 2.28 bits per heavy atom. The Morgan fingerprint density at radius 1 is 1.16 bits per heavy atom. The molecule has 2 heterocycles. The zero-order valence-electron chi connectivity index (χ0n) is 14.7. The van der Waals surface area contributed by atoms with Gasteiger partial charge in [-0.1, -0.05) is 6.07 Å². The fraction of sp³-hybridized carbons (Fsp3) is 0.588.